The normalized spacial score (nSPS) is 18.8. The van der Waals surface area contributed by atoms with E-state index < -0.39 is 11.4 Å². The van der Waals surface area contributed by atoms with E-state index in [2.05, 4.69) is 17.2 Å². The number of nitrogens with one attached hydrogen (secondary N) is 1. The number of hydrogen-bond acceptors (Lipinski definition) is 4. The lowest BCUT2D eigenvalue weighted by atomic mass is 9.85. The van der Waals surface area contributed by atoms with Crippen LogP contribution in [0.4, 0.5) is 5.13 Å². The number of nitrogens with zero attached hydrogens (tertiary/aromatic N) is 1. The fourth-order valence-corrected chi connectivity index (χ4v) is 3.66. The van der Waals surface area contributed by atoms with Gasteiger partial charge in [0.2, 0.25) is 0 Å². The second-order valence-corrected chi connectivity index (χ2v) is 7.16. The first-order chi connectivity index (χ1) is 9.41. The molecule has 0 amide bonds. The molecule has 1 fully saturated rings. The highest BCUT2D eigenvalue weighted by Gasteiger charge is 2.32. The van der Waals surface area contributed by atoms with Gasteiger partial charge in [0.1, 0.15) is 5.41 Å². The molecule has 112 valence electrons. The zero-order valence-electron chi connectivity index (χ0n) is 12.5. The molecule has 1 aromatic rings. The molecule has 0 aliphatic heterocycles. The maximum atomic E-state index is 11.2. The Balaban J connectivity index is 2.00. The molecule has 0 radical (unpaired) electrons. The average molecular weight is 296 g/mol. The third-order valence-electron chi connectivity index (χ3n) is 4.39. The van der Waals surface area contributed by atoms with Crippen LogP contribution < -0.4 is 5.32 Å². The summed E-state index contributed by atoms with van der Waals surface area (Å²) in [6, 6.07) is 0.405. The van der Waals surface area contributed by atoms with Crippen LogP contribution in [0.25, 0.3) is 0 Å². The van der Waals surface area contributed by atoms with Gasteiger partial charge in [-0.25, -0.2) is 4.98 Å². The summed E-state index contributed by atoms with van der Waals surface area (Å²) in [6.07, 6.45) is 6.58. The summed E-state index contributed by atoms with van der Waals surface area (Å²) in [5.41, 5.74) is -0.293. The standard InChI is InChI=1S/C15H24N2O2S/c1-10(11-7-5-4-6-8-11)16-14-17-12(9-20-14)15(2,3)13(18)19/h9-11H,4-8H2,1-3H3,(H,16,17)(H,18,19). The summed E-state index contributed by atoms with van der Waals surface area (Å²) in [5.74, 6) is -0.127. The van der Waals surface area contributed by atoms with Gasteiger partial charge in [0.05, 0.1) is 5.69 Å². The third-order valence-corrected chi connectivity index (χ3v) is 5.16. The number of thiazole rings is 1. The number of carboxylic acid groups (broad SMARTS) is 1. The second-order valence-electron chi connectivity index (χ2n) is 6.30. The second kappa shape index (κ2) is 6.12. The van der Waals surface area contributed by atoms with E-state index in [1.165, 1.54) is 43.4 Å². The van der Waals surface area contributed by atoms with Crippen LogP contribution in [0, 0.1) is 5.92 Å². The highest BCUT2D eigenvalue weighted by molar-refractivity contribution is 7.13. The van der Waals surface area contributed by atoms with Crippen molar-refractivity contribution < 1.29 is 9.90 Å². The van der Waals surface area contributed by atoms with Crippen molar-refractivity contribution >= 4 is 22.4 Å². The van der Waals surface area contributed by atoms with E-state index in [-0.39, 0.29) is 0 Å². The molecule has 2 N–H and O–H groups in total. The van der Waals surface area contributed by atoms with Crippen molar-refractivity contribution in [2.24, 2.45) is 5.92 Å². The monoisotopic (exact) mass is 296 g/mol. The van der Waals surface area contributed by atoms with Crippen LogP contribution in [0.1, 0.15) is 58.6 Å². The van der Waals surface area contributed by atoms with E-state index in [0.29, 0.717) is 17.7 Å². The minimum atomic E-state index is -0.926. The molecule has 5 heteroatoms. The fraction of sp³-hybridized carbons (Fsp3) is 0.733. The Kier molecular flexibility index (Phi) is 4.68. The quantitative estimate of drug-likeness (QED) is 0.865. The average Bonchev–Trinajstić information content (AvgIpc) is 2.88. The molecule has 0 aromatic carbocycles. The largest absolute Gasteiger partial charge is 0.481 e. The fourth-order valence-electron chi connectivity index (χ4n) is 2.68. The topological polar surface area (TPSA) is 62.2 Å². The summed E-state index contributed by atoms with van der Waals surface area (Å²) >= 11 is 1.50. The Bertz CT molecular complexity index is 464. The molecule has 0 saturated heterocycles. The molecule has 1 unspecified atom stereocenters. The summed E-state index contributed by atoms with van der Waals surface area (Å²) in [4.78, 5) is 15.7. The van der Waals surface area contributed by atoms with Crippen LogP contribution in [0.2, 0.25) is 0 Å². The van der Waals surface area contributed by atoms with Gasteiger partial charge in [-0.3, -0.25) is 4.79 Å². The molecular weight excluding hydrogens is 272 g/mol. The Morgan fingerprint density at radius 1 is 1.45 bits per heavy atom. The van der Waals surface area contributed by atoms with Crippen LogP contribution in [-0.2, 0) is 10.2 Å². The minimum Gasteiger partial charge on any atom is -0.481 e. The van der Waals surface area contributed by atoms with Gasteiger partial charge in [-0.2, -0.15) is 0 Å². The van der Waals surface area contributed by atoms with Gasteiger partial charge in [0.25, 0.3) is 0 Å². The predicted octanol–water partition coefficient (Wildman–Crippen LogP) is 3.89. The number of anilines is 1. The summed E-state index contributed by atoms with van der Waals surface area (Å²) < 4.78 is 0. The van der Waals surface area contributed by atoms with Gasteiger partial charge in [0, 0.05) is 11.4 Å². The third kappa shape index (κ3) is 3.32. The van der Waals surface area contributed by atoms with Crippen LogP contribution in [0.5, 0.6) is 0 Å². The van der Waals surface area contributed by atoms with Crippen molar-refractivity contribution in [3.05, 3.63) is 11.1 Å². The number of aliphatic carboxylic acids is 1. The summed E-state index contributed by atoms with van der Waals surface area (Å²) in [7, 11) is 0. The molecule has 1 heterocycles. The van der Waals surface area contributed by atoms with Gasteiger partial charge in [0.15, 0.2) is 5.13 Å². The molecule has 20 heavy (non-hydrogen) atoms. The van der Waals surface area contributed by atoms with E-state index in [4.69, 9.17) is 0 Å². The molecule has 2 rings (SSSR count). The van der Waals surface area contributed by atoms with Crippen LogP contribution in [-0.4, -0.2) is 22.1 Å². The molecule has 0 bridgehead atoms. The van der Waals surface area contributed by atoms with E-state index >= 15 is 0 Å². The highest BCUT2D eigenvalue weighted by atomic mass is 32.1. The van der Waals surface area contributed by atoms with Gasteiger partial charge < -0.3 is 10.4 Å². The summed E-state index contributed by atoms with van der Waals surface area (Å²) in [6.45, 7) is 5.59. The van der Waals surface area contributed by atoms with E-state index in [1.807, 2.05) is 5.38 Å². The molecule has 1 aromatic heterocycles. The minimum absolute atomic E-state index is 0.405. The number of carboxylic acids is 1. The van der Waals surface area contributed by atoms with Gasteiger partial charge in [-0.1, -0.05) is 19.3 Å². The van der Waals surface area contributed by atoms with Gasteiger partial charge in [-0.05, 0) is 39.5 Å². The van der Waals surface area contributed by atoms with Crippen molar-refractivity contribution in [3.8, 4) is 0 Å². The van der Waals surface area contributed by atoms with Gasteiger partial charge >= 0.3 is 5.97 Å². The summed E-state index contributed by atoms with van der Waals surface area (Å²) in [5, 5.41) is 15.4. The maximum absolute atomic E-state index is 11.2. The van der Waals surface area contributed by atoms with Crippen molar-refractivity contribution in [3.63, 3.8) is 0 Å². The molecule has 4 nitrogen and oxygen atoms in total. The lowest BCUT2D eigenvalue weighted by molar-refractivity contribution is -0.142. The molecule has 1 saturated carbocycles. The molecule has 1 aliphatic carbocycles. The van der Waals surface area contributed by atoms with Crippen molar-refractivity contribution in [2.75, 3.05) is 5.32 Å². The lowest BCUT2D eigenvalue weighted by Crippen LogP contribution is -2.29. The Hall–Kier alpha value is -1.10. The van der Waals surface area contributed by atoms with Crippen LogP contribution in [0.15, 0.2) is 5.38 Å². The molecule has 1 atom stereocenters. The zero-order chi connectivity index (χ0) is 14.8. The van der Waals surface area contributed by atoms with E-state index in [9.17, 15) is 9.90 Å². The molecule has 0 spiro atoms. The number of aromatic nitrogens is 1. The van der Waals surface area contributed by atoms with Crippen molar-refractivity contribution in [1.82, 2.24) is 4.98 Å². The first kappa shape index (κ1) is 15.3. The lowest BCUT2D eigenvalue weighted by Gasteiger charge is -2.28. The van der Waals surface area contributed by atoms with E-state index in [0.717, 1.165) is 5.13 Å². The number of hydrogen-bond donors (Lipinski definition) is 2. The van der Waals surface area contributed by atoms with Gasteiger partial charge in [-0.15, -0.1) is 11.3 Å². The molecule has 1 aliphatic rings. The number of carbonyl (C=O) groups is 1. The number of rotatable bonds is 5. The van der Waals surface area contributed by atoms with Crippen LogP contribution in [0.3, 0.4) is 0 Å². The Morgan fingerprint density at radius 2 is 2.10 bits per heavy atom. The first-order valence-corrected chi connectivity index (χ1v) is 8.25. The SMILES string of the molecule is CC(Nc1nc(C(C)(C)C(=O)O)cs1)C1CCCCC1. The highest BCUT2D eigenvalue weighted by Crippen LogP contribution is 2.31. The Morgan fingerprint density at radius 3 is 2.70 bits per heavy atom. The maximum Gasteiger partial charge on any atom is 0.315 e. The van der Waals surface area contributed by atoms with Crippen LogP contribution >= 0.6 is 11.3 Å². The molecular formula is C15H24N2O2S. The van der Waals surface area contributed by atoms with Crippen molar-refractivity contribution in [2.45, 2.75) is 64.3 Å². The smallest absolute Gasteiger partial charge is 0.315 e. The first-order valence-electron chi connectivity index (χ1n) is 7.37. The zero-order valence-corrected chi connectivity index (χ0v) is 13.3. The predicted molar refractivity (Wildman–Crippen MR) is 82.4 cm³/mol. The van der Waals surface area contributed by atoms with E-state index in [1.54, 1.807) is 13.8 Å². The Labute approximate surface area is 124 Å². The van der Waals surface area contributed by atoms with Crippen molar-refractivity contribution in [1.29, 1.82) is 0 Å².